The van der Waals surface area contributed by atoms with Crippen LogP contribution in [-0.2, 0) is 9.59 Å². The SMILES string of the molecule is CC1C(=O)NC(C2CC2)C(=O)N1c1ccc(Br)c(Cl)c1Cl. The normalized spacial score (nSPS) is 26.0. The van der Waals surface area contributed by atoms with Gasteiger partial charge in [0.1, 0.15) is 12.1 Å². The predicted octanol–water partition coefficient (Wildman–Crippen LogP) is 3.39. The van der Waals surface area contributed by atoms with Gasteiger partial charge in [-0.25, -0.2) is 0 Å². The lowest BCUT2D eigenvalue weighted by Gasteiger charge is -2.38. The number of carbonyl (C=O) groups is 2. The van der Waals surface area contributed by atoms with E-state index < -0.39 is 12.1 Å². The van der Waals surface area contributed by atoms with Gasteiger partial charge < -0.3 is 5.32 Å². The second-order valence-corrected chi connectivity index (χ2v) is 7.01. The van der Waals surface area contributed by atoms with Crippen molar-refractivity contribution in [2.45, 2.75) is 31.8 Å². The fraction of sp³-hybridized carbons (Fsp3) is 0.429. The molecule has 21 heavy (non-hydrogen) atoms. The molecule has 0 spiro atoms. The van der Waals surface area contributed by atoms with Crippen molar-refractivity contribution in [2.75, 3.05) is 4.90 Å². The first-order valence-corrected chi connectivity index (χ1v) is 8.23. The van der Waals surface area contributed by atoms with Gasteiger partial charge in [-0.1, -0.05) is 23.2 Å². The van der Waals surface area contributed by atoms with Crippen molar-refractivity contribution in [1.82, 2.24) is 5.32 Å². The van der Waals surface area contributed by atoms with Gasteiger partial charge >= 0.3 is 0 Å². The van der Waals surface area contributed by atoms with E-state index in [0.29, 0.717) is 15.2 Å². The molecule has 0 aromatic heterocycles. The van der Waals surface area contributed by atoms with Crippen molar-refractivity contribution in [3.63, 3.8) is 0 Å². The maximum Gasteiger partial charge on any atom is 0.250 e. The van der Waals surface area contributed by atoms with Crippen LogP contribution in [0.5, 0.6) is 0 Å². The first-order chi connectivity index (χ1) is 9.91. The molecular formula is C14H13BrCl2N2O2. The molecule has 0 bridgehead atoms. The highest BCUT2D eigenvalue weighted by atomic mass is 79.9. The van der Waals surface area contributed by atoms with Crippen molar-refractivity contribution in [1.29, 1.82) is 0 Å². The molecule has 3 rings (SSSR count). The minimum Gasteiger partial charge on any atom is -0.342 e. The lowest BCUT2D eigenvalue weighted by molar-refractivity contribution is -0.133. The second-order valence-electron chi connectivity index (χ2n) is 5.40. The molecular weight excluding hydrogens is 379 g/mol. The number of hydrogen-bond acceptors (Lipinski definition) is 2. The van der Waals surface area contributed by atoms with E-state index in [0.717, 1.165) is 12.8 Å². The van der Waals surface area contributed by atoms with Gasteiger partial charge in [-0.15, -0.1) is 0 Å². The van der Waals surface area contributed by atoms with Crippen LogP contribution in [0.15, 0.2) is 16.6 Å². The van der Waals surface area contributed by atoms with E-state index in [2.05, 4.69) is 21.2 Å². The molecule has 4 nitrogen and oxygen atoms in total. The Hall–Kier alpha value is -0.780. The Morgan fingerprint density at radius 1 is 1.24 bits per heavy atom. The van der Waals surface area contributed by atoms with Crippen LogP contribution in [0.25, 0.3) is 0 Å². The number of piperazine rings is 1. The van der Waals surface area contributed by atoms with Gasteiger partial charge in [0, 0.05) is 4.47 Å². The van der Waals surface area contributed by atoms with Crippen LogP contribution in [0, 0.1) is 5.92 Å². The van der Waals surface area contributed by atoms with Gasteiger partial charge in [-0.3, -0.25) is 14.5 Å². The highest BCUT2D eigenvalue weighted by Gasteiger charge is 2.46. The summed E-state index contributed by atoms with van der Waals surface area (Å²) in [5, 5.41) is 3.42. The van der Waals surface area contributed by atoms with Crippen molar-refractivity contribution < 1.29 is 9.59 Å². The smallest absolute Gasteiger partial charge is 0.250 e. The zero-order chi connectivity index (χ0) is 15.3. The maximum atomic E-state index is 12.7. The van der Waals surface area contributed by atoms with E-state index in [9.17, 15) is 9.59 Å². The quantitative estimate of drug-likeness (QED) is 0.785. The van der Waals surface area contributed by atoms with E-state index in [1.54, 1.807) is 19.1 Å². The third-order valence-electron chi connectivity index (χ3n) is 3.94. The zero-order valence-electron chi connectivity index (χ0n) is 11.2. The summed E-state index contributed by atoms with van der Waals surface area (Å²) in [7, 11) is 0. The lowest BCUT2D eigenvalue weighted by Crippen LogP contribution is -2.63. The van der Waals surface area contributed by atoms with Crippen LogP contribution in [0.4, 0.5) is 5.69 Å². The average molecular weight is 392 g/mol. The molecule has 112 valence electrons. The molecule has 2 atom stereocenters. The summed E-state index contributed by atoms with van der Waals surface area (Å²) < 4.78 is 0.651. The molecule has 2 aliphatic rings. The van der Waals surface area contributed by atoms with Crippen LogP contribution in [-0.4, -0.2) is 23.9 Å². The Bertz CT molecular complexity index is 634. The fourth-order valence-corrected chi connectivity index (χ4v) is 3.43. The summed E-state index contributed by atoms with van der Waals surface area (Å²) in [6, 6.07) is 2.37. The largest absolute Gasteiger partial charge is 0.342 e. The second kappa shape index (κ2) is 5.45. The number of carbonyl (C=O) groups excluding carboxylic acids is 2. The summed E-state index contributed by atoms with van der Waals surface area (Å²) in [6.45, 7) is 1.68. The number of rotatable bonds is 2. The molecule has 1 aliphatic heterocycles. The molecule has 1 aromatic carbocycles. The first kappa shape index (κ1) is 15.1. The predicted molar refractivity (Wildman–Crippen MR) is 85.8 cm³/mol. The molecule has 2 fully saturated rings. The Kier molecular flexibility index (Phi) is 3.93. The molecule has 1 saturated carbocycles. The monoisotopic (exact) mass is 390 g/mol. The van der Waals surface area contributed by atoms with Gasteiger partial charge in [0.05, 0.1) is 15.7 Å². The third kappa shape index (κ3) is 2.56. The summed E-state index contributed by atoms with van der Waals surface area (Å²) in [5.74, 6) is -0.0485. The molecule has 0 radical (unpaired) electrons. The van der Waals surface area contributed by atoms with Gasteiger partial charge in [0.25, 0.3) is 5.91 Å². The Morgan fingerprint density at radius 2 is 1.90 bits per heavy atom. The van der Waals surface area contributed by atoms with E-state index in [1.807, 2.05) is 0 Å². The van der Waals surface area contributed by atoms with Crippen molar-refractivity contribution in [2.24, 2.45) is 5.92 Å². The highest BCUT2D eigenvalue weighted by molar-refractivity contribution is 9.10. The molecule has 7 heteroatoms. The van der Waals surface area contributed by atoms with Crippen LogP contribution >= 0.6 is 39.1 Å². The number of amides is 2. The molecule has 1 aliphatic carbocycles. The highest BCUT2D eigenvalue weighted by Crippen LogP contribution is 2.41. The van der Waals surface area contributed by atoms with Crippen molar-refractivity contribution >= 4 is 56.6 Å². The third-order valence-corrected chi connectivity index (χ3v) is 5.70. The topological polar surface area (TPSA) is 49.4 Å². The number of benzene rings is 1. The molecule has 1 heterocycles. The van der Waals surface area contributed by atoms with Crippen molar-refractivity contribution in [3.8, 4) is 0 Å². The summed E-state index contributed by atoms with van der Waals surface area (Å²) in [6.07, 6.45) is 1.93. The zero-order valence-corrected chi connectivity index (χ0v) is 14.3. The summed E-state index contributed by atoms with van der Waals surface area (Å²) in [4.78, 5) is 26.3. The molecule has 2 amide bonds. The summed E-state index contributed by atoms with van der Waals surface area (Å²) in [5.41, 5.74) is 0.475. The maximum absolute atomic E-state index is 12.7. The number of nitrogens with one attached hydrogen (secondary N) is 1. The van der Waals surface area contributed by atoms with Gasteiger partial charge in [-0.05, 0) is 53.7 Å². The number of halogens is 3. The molecule has 1 N–H and O–H groups in total. The summed E-state index contributed by atoms with van der Waals surface area (Å²) >= 11 is 15.7. The van der Waals surface area contributed by atoms with Gasteiger partial charge in [0.15, 0.2) is 0 Å². The minimum atomic E-state index is -0.609. The van der Waals surface area contributed by atoms with Crippen LogP contribution in [0.1, 0.15) is 19.8 Å². The van der Waals surface area contributed by atoms with E-state index in [4.69, 9.17) is 23.2 Å². The lowest BCUT2D eigenvalue weighted by atomic mass is 10.0. The van der Waals surface area contributed by atoms with E-state index in [1.165, 1.54) is 4.90 Å². The van der Waals surface area contributed by atoms with Gasteiger partial charge in [-0.2, -0.15) is 0 Å². The van der Waals surface area contributed by atoms with E-state index >= 15 is 0 Å². The minimum absolute atomic E-state index is 0.120. The van der Waals surface area contributed by atoms with E-state index in [-0.39, 0.29) is 22.8 Å². The Morgan fingerprint density at radius 3 is 2.52 bits per heavy atom. The fourth-order valence-electron chi connectivity index (χ4n) is 2.57. The molecule has 1 aromatic rings. The van der Waals surface area contributed by atoms with Crippen LogP contribution < -0.4 is 10.2 Å². The van der Waals surface area contributed by atoms with Gasteiger partial charge in [0.2, 0.25) is 5.91 Å². The standard InChI is InChI=1S/C14H13BrCl2N2O2/c1-6-13(20)18-12(7-2-3-7)14(21)19(6)9-5-4-8(15)10(16)11(9)17/h4-7,12H,2-3H2,1H3,(H,18,20). The van der Waals surface area contributed by atoms with Crippen LogP contribution in [0.3, 0.4) is 0 Å². The average Bonchev–Trinajstić information content (AvgIpc) is 3.27. The number of anilines is 1. The number of hydrogen-bond donors (Lipinski definition) is 1. The van der Waals surface area contributed by atoms with Crippen LogP contribution in [0.2, 0.25) is 10.0 Å². The molecule has 1 saturated heterocycles. The first-order valence-electron chi connectivity index (χ1n) is 6.68. The molecule has 2 unspecified atom stereocenters. The Labute approximate surface area is 140 Å². The number of nitrogens with zero attached hydrogens (tertiary/aromatic N) is 1. The Balaban J connectivity index is 2.04. The van der Waals surface area contributed by atoms with Crippen molar-refractivity contribution in [3.05, 3.63) is 26.7 Å².